The molecule has 18 heavy (non-hydrogen) atoms. The number of aromatic nitrogens is 2. The van der Waals surface area contributed by atoms with Crippen LogP contribution in [0.15, 0.2) is 35.1 Å². The molecule has 1 amide bonds. The molecule has 0 aliphatic heterocycles. The average Bonchev–Trinajstić information content (AvgIpc) is 2.33. The van der Waals surface area contributed by atoms with Gasteiger partial charge in [-0.2, -0.15) is 5.10 Å². The van der Waals surface area contributed by atoms with Crippen molar-refractivity contribution in [2.75, 3.05) is 11.1 Å². The number of nitrogen functional groups attached to an aromatic ring is 1. The van der Waals surface area contributed by atoms with E-state index in [0.717, 1.165) is 5.56 Å². The lowest BCUT2D eigenvalue weighted by atomic mass is 10.2. The second kappa shape index (κ2) is 4.70. The third-order valence-corrected chi connectivity index (χ3v) is 2.37. The van der Waals surface area contributed by atoms with Gasteiger partial charge in [0.25, 0.3) is 11.5 Å². The van der Waals surface area contributed by atoms with Crippen molar-refractivity contribution in [2.45, 2.75) is 6.92 Å². The van der Waals surface area contributed by atoms with Crippen LogP contribution in [0.1, 0.15) is 16.1 Å². The highest BCUT2D eigenvalue weighted by Gasteiger charge is 2.09. The minimum Gasteiger partial charge on any atom is -0.397 e. The van der Waals surface area contributed by atoms with Crippen LogP contribution in [0.25, 0.3) is 0 Å². The normalized spacial score (nSPS) is 10.1. The van der Waals surface area contributed by atoms with Crippen molar-refractivity contribution in [3.05, 3.63) is 51.9 Å². The van der Waals surface area contributed by atoms with E-state index < -0.39 is 5.91 Å². The molecule has 4 N–H and O–H groups in total. The number of nitrogens with zero attached hydrogens (tertiary/aromatic N) is 1. The molecule has 6 nitrogen and oxygen atoms in total. The van der Waals surface area contributed by atoms with E-state index in [1.165, 1.54) is 12.1 Å². The fraction of sp³-hybridized carbons (Fsp3) is 0.0833. The van der Waals surface area contributed by atoms with Crippen LogP contribution in [0.4, 0.5) is 11.4 Å². The molecular weight excluding hydrogens is 232 g/mol. The zero-order valence-corrected chi connectivity index (χ0v) is 9.73. The predicted octanol–water partition coefficient (Wildman–Crippen LogP) is 0.913. The summed E-state index contributed by atoms with van der Waals surface area (Å²) in [6, 6.07) is 7.90. The summed E-state index contributed by atoms with van der Waals surface area (Å²) in [6.45, 7) is 1.91. The standard InChI is InChI=1S/C12H12N4O2/c1-7-2-3-9(8(13)6-7)14-12(18)10-4-5-11(17)16-15-10/h2-6H,13H2,1H3,(H,14,18)(H,16,17). The number of carbonyl (C=O) groups is 1. The number of carbonyl (C=O) groups excluding carboxylic acids is 1. The Hall–Kier alpha value is -2.63. The van der Waals surface area contributed by atoms with E-state index in [-0.39, 0.29) is 11.3 Å². The molecule has 1 aromatic heterocycles. The zero-order valence-electron chi connectivity index (χ0n) is 9.73. The number of anilines is 2. The Morgan fingerprint density at radius 3 is 2.72 bits per heavy atom. The summed E-state index contributed by atoms with van der Waals surface area (Å²) in [5.74, 6) is -0.429. The first-order valence-corrected chi connectivity index (χ1v) is 5.29. The molecule has 1 aromatic carbocycles. The number of benzene rings is 1. The summed E-state index contributed by atoms with van der Waals surface area (Å²) in [5.41, 5.74) is 7.54. The van der Waals surface area contributed by atoms with Crippen molar-refractivity contribution in [1.82, 2.24) is 10.2 Å². The maximum absolute atomic E-state index is 11.8. The maximum Gasteiger partial charge on any atom is 0.276 e. The van der Waals surface area contributed by atoms with Gasteiger partial charge in [-0.25, -0.2) is 5.10 Å². The van der Waals surface area contributed by atoms with Crippen LogP contribution >= 0.6 is 0 Å². The van der Waals surface area contributed by atoms with Crippen molar-refractivity contribution in [1.29, 1.82) is 0 Å². The average molecular weight is 244 g/mol. The number of H-pyrrole nitrogens is 1. The fourth-order valence-corrected chi connectivity index (χ4v) is 1.45. The van der Waals surface area contributed by atoms with Crippen LogP contribution in [0.2, 0.25) is 0 Å². The topological polar surface area (TPSA) is 101 Å². The molecular formula is C12H12N4O2. The quantitative estimate of drug-likeness (QED) is 0.683. The fourth-order valence-electron chi connectivity index (χ4n) is 1.45. The number of amides is 1. The minimum absolute atomic E-state index is 0.120. The van der Waals surface area contributed by atoms with E-state index in [4.69, 9.17) is 5.73 Å². The number of aromatic amines is 1. The van der Waals surface area contributed by atoms with Crippen molar-refractivity contribution in [3.63, 3.8) is 0 Å². The second-order valence-electron chi connectivity index (χ2n) is 3.85. The van der Waals surface area contributed by atoms with Crippen LogP contribution in [-0.4, -0.2) is 16.1 Å². The molecule has 2 rings (SSSR count). The molecule has 92 valence electrons. The van der Waals surface area contributed by atoms with Gasteiger partial charge < -0.3 is 11.1 Å². The summed E-state index contributed by atoms with van der Waals surface area (Å²) in [4.78, 5) is 22.6. The van der Waals surface area contributed by atoms with Gasteiger partial charge in [0.2, 0.25) is 0 Å². The molecule has 0 atom stereocenters. The lowest BCUT2D eigenvalue weighted by molar-refractivity contribution is 0.102. The number of hydrogen-bond donors (Lipinski definition) is 3. The molecule has 0 aliphatic carbocycles. The van der Waals surface area contributed by atoms with E-state index in [0.29, 0.717) is 11.4 Å². The monoisotopic (exact) mass is 244 g/mol. The smallest absolute Gasteiger partial charge is 0.276 e. The van der Waals surface area contributed by atoms with Crippen molar-refractivity contribution < 1.29 is 4.79 Å². The molecule has 0 unspecified atom stereocenters. The summed E-state index contributed by atoms with van der Waals surface area (Å²) < 4.78 is 0. The van der Waals surface area contributed by atoms with E-state index in [2.05, 4.69) is 15.5 Å². The Morgan fingerprint density at radius 1 is 1.33 bits per heavy atom. The van der Waals surface area contributed by atoms with Gasteiger partial charge in [-0.05, 0) is 30.7 Å². The Labute approximate surface area is 103 Å². The van der Waals surface area contributed by atoms with Crippen LogP contribution in [0.3, 0.4) is 0 Å². The highest BCUT2D eigenvalue weighted by Crippen LogP contribution is 2.19. The molecule has 6 heteroatoms. The minimum atomic E-state index is -0.429. The van der Waals surface area contributed by atoms with Gasteiger partial charge in [0.05, 0.1) is 11.4 Å². The summed E-state index contributed by atoms with van der Waals surface area (Å²) in [5, 5.41) is 8.45. The first kappa shape index (κ1) is 11.8. The summed E-state index contributed by atoms with van der Waals surface area (Å²) in [7, 11) is 0. The highest BCUT2D eigenvalue weighted by molar-refractivity contribution is 6.04. The van der Waals surface area contributed by atoms with Gasteiger partial charge in [0.15, 0.2) is 0 Å². The maximum atomic E-state index is 11.8. The van der Waals surface area contributed by atoms with Gasteiger partial charge in [0, 0.05) is 6.07 Å². The number of nitrogens with two attached hydrogens (primary N) is 1. The SMILES string of the molecule is Cc1ccc(NC(=O)c2ccc(=O)[nH]n2)c(N)c1. The van der Waals surface area contributed by atoms with Crippen molar-refractivity contribution >= 4 is 17.3 Å². The van der Waals surface area contributed by atoms with E-state index >= 15 is 0 Å². The molecule has 1 heterocycles. The van der Waals surface area contributed by atoms with Crippen molar-refractivity contribution in [3.8, 4) is 0 Å². The van der Waals surface area contributed by atoms with Gasteiger partial charge in [-0.3, -0.25) is 9.59 Å². The summed E-state index contributed by atoms with van der Waals surface area (Å²) in [6.07, 6.45) is 0. The first-order valence-electron chi connectivity index (χ1n) is 5.29. The number of hydrogen-bond acceptors (Lipinski definition) is 4. The lowest BCUT2D eigenvalue weighted by Crippen LogP contribution is -2.18. The molecule has 0 radical (unpaired) electrons. The Balaban J connectivity index is 2.21. The molecule has 2 aromatic rings. The number of nitrogens with one attached hydrogen (secondary N) is 2. The highest BCUT2D eigenvalue weighted by atomic mass is 16.2. The third kappa shape index (κ3) is 2.54. The molecule has 0 saturated heterocycles. The number of aryl methyl sites for hydroxylation is 1. The van der Waals surface area contributed by atoms with Crippen molar-refractivity contribution in [2.24, 2.45) is 0 Å². The molecule has 0 fully saturated rings. The van der Waals surface area contributed by atoms with Gasteiger partial charge >= 0.3 is 0 Å². The molecule has 0 spiro atoms. The molecule has 0 bridgehead atoms. The van der Waals surface area contributed by atoms with Crippen LogP contribution < -0.4 is 16.6 Å². The van der Waals surface area contributed by atoms with E-state index in [1.54, 1.807) is 12.1 Å². The Bertz CT molecular complexity index is 628. The van der Waals surface area contributed by atoms with Crippen LogP contribution in [0, 0.1) is 6.92 Å². The summed E-state index contributed by atoms with van der Waals surface area (Å²) >= 11 is 0. The Morgan fingerprint density at radius 2 is 2.11 bits per heavy atom. The zero-order chi connectivity index (χ0) is 13.1. The van der Waals surface area contributed by atoms with E-state index in [1.807, 2.05) is 13.0 Å². The predicted molar refractivity (Wildman–Crippen MR) is 68.4 cm³/mol. The molecule has 0 saturated carbocycles. The lowest BCUT2D eigenvalue weighted by Gasteiger charge is -2.07. The van der Waals surface area contributed by atoms with Gasteiger partial charge in [0.1, 0.15) is 5.69 Å². The largest absolute Gasteiger partial charge is 0.397 e. The second-order valence-corrected chi connectivity index (χ2v) is 3.85. The van der Waals surface area contributed by atoms with Crippen LogP contribution in [0.5, 0.6) is 0 Å². The number of rotatable bonds is 2. The van der Waals surface area contributed by atoms with Gasteiger partial charge in [-0.15, -0.1) is 0 Å². The van der Waals surface area contributed by atoms with E-state index in [9.17, 15) is 9.59 Å². The first-order chi connectivity index (χ1) is 8.56. The van der Waals surface area contributed by atoms with Crippen LogP contribution in [-0.2, 0) is 0 Å². The molecule has 0 aliphatic rings. The van der Waals surface area contributed by atoms with Gasteiger partial charge in [-0.1, -0.05) is 6.07 Å². The Kier molecular flexibility index (Phi) is 3.09. The third-order valence-electron chi connectivity index (χ3n) is 2.37.